The molecule has 0 unspecified atom stereocenters. The first-order valence-electron chi connectivity index (χ1n) is 8.12. The van der Waals surface area contributed by atoms with Gasteiger partial charge in [-0.2, -0.15) is 9.78 Å². The van der Waals surface area contributed by atoms with Gasteiger partial charge in [0.05, 0.1) is 5.71 Å². The standard InChI is InChI=1S/C19H16N4OS2/c1-25-15-9-7-13(8-10-15)11-16-18(24)23-19(21-20-16)26-12-17(22-23)14-5-3-2-4-6-14/h2-10H,11-12H2,1H3. The maximum atomic E-state index is 12.9. The third-order valence-electron chi connectivity index (χ3n) is 4.07. The van der Waals surface area contributed by atoms with E-state index in [1.165, 1.54) is 21.3 Å². The van der Waals surface area contributed by atoms with Crippen LogP contribution in [0.25, 0.3) is 0 Å². The monoisotopic (exact) mass is 380 g/mol. The Labute approximate surface area is 159 Å². The highest BCUT2D eigenvalue weighted by molar-refractivity contribution is 7.99. The number of nitrogens with zero attached hydrogens (tertiary/aromatic N) is 4. The minimum Gasteiger partial charge on any atom is -0.265 e. The van der Waals surface area contributed by atoms with Gasteiger partial charge in [-0.3, -0.25) is 4.79 Å². The van der Waals surface area contributed by atoms with Gasteiger partial charge in [0, 0.05) is 17.1 Å². The highest BCUT2D eigenvalue weighted by Crippen LogP contribution is 2.21. The molecule has 0 atom stereocenters. The molecule has 0 fully saturated rings. The van der Waals surface area contributed by atoms with Crippen LogP contribution >= 0.6 is 23.5 Å². The van der Waals surface area contributed by atoms with Crippen LogP contribution in [0.4, 0.5) is 0 Å². The Morgan fingerprint density at radius 2 is 1.85 bits per heavy atom. The summed E-state index contributed by atoms with van der Waals surface area (Å²) in [6, 6.07) is 18.0. The Balaban J connectivity index is 1.68. The van der Waals surface area contributed by atoms with Gasteiger partial charge in [-0.15, -0.1) is 22.0 Å². The van der Waals surface area contributed by atoms with Gasteiger partial charge in [-0.25, -0.2) is 0 Å². The fraction of sp³-hybridized carbons (Fsp3) is 0.158. The smallest absolute Gasteiger partial charge is 0.265 e. The maximum absolute atomic E-state index is 12.9. The molecule has 2 aromatic carbocycles. The first-order valence-corrected chi connectivity index (χ1v) is 10.3. The predicted octanol–water partition coefficient (Wildman–Crippen LogP) is 3.31. The van der Waals surface area contributed by atoms with E-state index in [2.05, 4.69) is 15.3 Å². The number of thioether (sulfide) groups is 2. The maximum Gasteiger partial charge on any atom is 0.297 e. The van der Waals surface area contributed by atoms with E-state index in [4.69, 9.17) is 0 Å². The van der Waals surface area contributed by atoms with E-state index in [1.54, 1.807) is 11.8 Å². The lowest BCUT2D eigenvalue weighted by atomic mass is 10.1. The Hall–Kier alpha value is -2.38. The van der Waals surface area contributed by atoms with E-state index in [-0.39, 0.29) is 5.56 Å². The van der Waals surface area contributed by atoms with Crippen molar-refractivity contribution in [3.8, 4) is 0 Å². The molecule has 0 amide bonds. The first kappa shape index (κ1) is 17.1. The van der Waals surface area contributed by atoms with Crippen LogP contribution in [0.5, 0.6) is 0 Å². The highest BCUT2D eigenvalue weighted by atomic mass is 32.2. The molecule has 0 saturated heterocycles. The minimum absolute atomic E-state index is 0.204. The second kappa shape index (κ2) is 7.47. The van der Waals surface area contributed by atoms with Crippen LogP contribution in [-0.2, 0) is 6.42 Å². The van der Waals surface area contributed by atoms with Crippen molar-refractivity contribution in [3.63, 3.8) is 0 Å². The van der Waals surface area contributed by atoms with Crippen molar-refractivity contribution >= 4 is 29.2 Å². The molecular weight excluding hydrogens is 364 g/mol. The molecule has 3 aromatic rings. The molecule has 0 aliphatic carbocycles. The molecule has 4 rings (SSSR count). The van der Waals surface area contributed by atoms with Gasteiger partial charge in [0.1, 0.15) is 5.69 Å². The molecule has 0 spiro atoms. The van der Waals surface area contributed by atoms with Crippen LogP contribution < -0.4 is 5.56 Å². The highest BCUT2D eigenvalue weighted by Gasteiger charge is 2.19. The van der Waals surface area contributed by atoms with Crippen LogP contribution in [0.15, 0.2) is 74.5 Å². The predicted molar refractivity (Wildman–Crippen MR) is 106 cm³/mol. The topological polar surface area (TPSA) is 60.1 Å². The molecule has 0 saturated carbocycles. The first-order chi connectivity index (χ1) is 12.7. The zero-order valence-electron chi connectivity index (χ0n) is 14.1. The van der Waals surface area contributed by atoms with Crippen LogP contribution in [0.2, 0.25) is 0 Å². The molecular formula is C19H16N4OS2. The molecule has 1 aromatic heterocycles. The number of hydrogen-bond donors (Lipinski definition) is 0. The zero-order chi connectivity index (χ0) is 17.9. The third kappa shape index (κ3) is 3.45. The molecule has 1 aliphatic rings. The largest absolute Gasteiger partial charge is 0.297 e. The van der Waals surface area contributed by atoms with Gasteiger partial charge >= 0.3 is 0 Å². The lowest BCUT2D eigenvalue weighted by molar-refractivity contribution is 0.622. The lowest BCUT2D eigenvalue weighted by Crippen LogP contribution is -2.29. The number of aromatic nitrogens is 3. The van der Waals surface area contributed by atoms with Gasteiger partial charge in [-0.05, 0) is 29.5 Å². The zero-order valence-corrected chi connectivity index (χ0v) is 15.8. The molecule has 5 nitrogen and oxygen atoms in total. The number of fused-ring (bicyclic) bond motifs is 1. The summed E-state index contributed by atoms with van der Waals surface area (Å²) in [4.78, 5) is 14.0. The van der Waals surface area contributed by atoms with Crippen molar-refractivity contribution < 1.29 is 0 Å². The average Bonchev–Trinajstić information content (AvgIpc) is 2.71. The van der Waals surface area contributed by atoms with E-state index in [1.807, 2.05) is 60.9 Å². The van der Waals surface area contributed by atoms with Crippen LogP contribution in [0.1, 0.15) is 16.8 Å². The van der Waals surface area contributed by atoms with Gasteiger partial charge in [-0.1, -0.05) is 54.2 Å². The second-order valence-electron chi connectivity index (χ2n) is 5.77. The Kier molecular flexibility index (Phi) is 4.90. The van der Waals surface area contributed by atoms with Crippen molar-refractivity contribution in [1.29, 1.82) is 0 Å². The van der Waals surface area contributed by atoms with E-state index in [0.717, 1.165) is 16.8 Å². The van der Waals surface area contributed by atoms with Crippen molar-refractivity contribution in [1.82, 2.24) is 14.9 Å². The molecule has 7 heteroatoms. The van der Waals surface area contributed by atoms with Crippen molar-refractivity contribution in [2.75, 3.05) is 12.0 Å². The van der Waals surface area contributed by atoms with Gasteiger partial charge in [0.15, 0.2) is 0 Å². The second-order valence-corrected chi connectivity index (χ2v) is 7.59. The number of hydrogen-bond acceptors (Lipinski definition) is 6. The van der Waals surface area contributed by atoms with Crippen molar-refractivity contribution in [3.05, 3.63) is 81.8 Å². The van der Waals surface area contributed by atoms with Crippen molar-refractivity contribution in [2.45, 2.75) is 16.5 Å². The average molecular weight is 380 g/mol. The number of rotatable bonds is 4. The van der Waals surface area contributed by atoms with E-state index < -0.39 is 0 Å². The summed E-state index contributed by atoms with van der Waals surface area (Å²) in [7, 11) is 0. The van der Waals surface area contributed by atoms with Crippen molar-refractivity contribution in [2.24, 2.45) is 5.10 Å². The summed E-state index contributed by atoms with van der Waals surface area (Å²) in [6.45, 7) is 0. The fourth-order valence-electron chi connectivity index (χ4n) is 2.68. The lowest BCUT2D eigenvalue weighted by Gasteiger charge is -2.15. The Bertz CT molecular complexity index is 1010. The summed E-state index contributed by atoms with van der Waals surface area (Å²) >= 11 is 3.17. The van der Waals surface area contributed by atoms with Crippen LogP contribution in [0, 0.1) is 0 Å². The molecule has 0 N–H and O–H groups in total. The molecule has 0 bridgehead atoms. The van der Waals surface area contributed by atoms with Gasteiger partial charge in [0.2, 0.25) is 5.16 Å². The van der Waals surface area contributed by atoms with E-state index in [9.17, 15) is 4.79 Å². The third-order valence-corrected chi connectivity index (χ3v) is 5.75. The SMILES string of the molecule is CSc1ccc(Cc2nnc3n(c2=O)N=C(c2ccccc2)CS3)cc1. The van der Waals surface area contributed by atoms with Crippen LogP contribution in [0.3, 0.4) is 0 Å². The summed E-state index contributed by atoms with van der Waals surface area (Å²) in [5.74, 6) is 0.674. The number of benzene rings is 2. The summed E-state index contributed by atoms with van der Waals surface area (Å²) in [6.07, 6.45) is 2.48. The molecule has 26 heavy (non-hydrogen) atoms. The molecule has 2 heterocycles. The molecule has 130 valence electrons. The van der Waals surface area contributed by atoms with E-state index >= 15 is 0 Å². The summed E-state index contributed by atoms with van der Waals surface area (Å²) in [5.41, 5.74) is 3.12. The Morgan fingerprint density at radius 3 is 2.58 bits per heavy atom. The fourth-order valence-corrected chi connectivity index (χ4v) is 3.92. The summed E-state index contributed by atoms with van der Waals surface area (Å²) in [5, 5.41) is 13.4. The minimum atomic E-state index is -0.204. The van der Waals surface area contributed by atoms with E-state index in [0.29, 0.717) is 23.0 Å². The molecule has 0 radical (unpaired) electrons. The van der Waals surface area contributed by atoms with Gasteiger partial charge < -0.3 is 0 Å². The quantitative estimate of drug-likeness (QED) is 0.650. The van der Waals surface area contributed by atoms with Gasteiger partial charge in [0.25, 0.3) is 5.56 Å². The normalized spacial score (nSPS) is 13.2. The summed E-state index contributed by atoms with van der Waals surface area (Å²) < 4.78 is 1.38. The Morgan fingerprint density at radius 1 is 1.08 bits per heavy atom. The van der Waals surface area contributed by atoms with Crippen LogP contribution in [-0.4, -0.2) is 32.6 Å². The molecule has 1 aliphatic heterocycles.